The molecule has 5 heteroatoms. The summed E-state index contributed by atoms with van der Waals surface area (Å²) in [6.07, 6.45) is 3.91. The van der Waals surface area contributed by atoms with Crippen molar-refractivity contribution in [2.24, 2.45) is 0 Å². The van der Waals surface area contributed by atoms with Gasteiger partial charge in [-0.3, -0.25) is 9.69 Å². The van der Waals surface area contributed by atoms with Crippen LogP contribution in [0.3, 0.4) is 0 Å². The van der Waals surface area contributed by atoms with Gasteiger partial charge in [-0.2, -0.15) is 0 Å². The smallest absolute Gasteiger partial charge is 0.255 e. The molecule has 0 radical (unpaired) electrons. The summed E-state index contributed by atoms with van der Waals surface area (Å²) in [4.78, 5) is 14.9. The molecule has 2 aromatic carbocycles. The van der Waals surface area contributed by atoms with Crippen molar-refractivity contribution >= 4 is 23.0 Å². The number of rotatable bonds is 5. The fourth-order valence-electron chi connectivity index (χ4n) is 3.44. The zero-order valence-corrected chi connectivity index (χ0v) is 14.2. The molecule has 4 rings (SSSR count). The zero-order chi connectivity index (χ0) is 17.2. The summed E-state index contributed by atoms with van der Waals surface area (Å²) in [6, 6.07) is 16.3. The molecule has 1 saturated carbocycles. The van der Waals surface area contributed by atoms with Crippen molar-refractivity contribution in [3.8, 4) is 0 Å². The van der Waals surface area contributed by atoms with E-state index >= 15 is 0 Å². The Hall–Kier alpha value is -2.53. The van der Waals surface area contributed by atoms with Crippen molar-refractivity contribution < 1.29 is 4.79 Å². The number of para-hydroxylation sites is 2. The molecule has 1 heterocycles. The van der Waals surface area contributed by atoms with E-state index < -0.39 is 0 Å². The topological polar surface area (TPSA) is 70.4 Å². The maximum atomic E-state index is 12.4. The molecule has 130 valence electrons. The van der Waals surface area contributed by atoms with Crippen LogP contribution in [-0.4, -0.2) is 36.0 Å². The van der Waals surface area contributed by atoms with E-state index in [1.54, 1.807) is 12.1 Å². The highest BCUT2D eigenvalue weighted by molar-refractivity contribution is 6.05. The van der Waals surface area contributed by atoms with Crippen LogP contribution in [0.4, 0.5) is 17.1 Å². The minimum absolute atomic E-state index is 0.148. The molecule has 1 aliphatic carbocycles. The largest absolute Gasteiger partial charge is 0.397 e. The Kier molecular flexibility index (Phi) is 4.32. The lowest BCUT2D eigenvalue weighted by Gasteiger charge is -2.17. The zero-order valence-electron chi connectivity index (χ0n) is 14.2. The third kappa shape index (κ3) is 3.77. The lowest BCUT2D eigenvalue weighted by molar-refractivity contribution is 0.102. The first-order valence-corrected chi connectivity index (χ1v) is 8.95. The molecule has 4 N–H and O–H groups in total. The number of hydrogen-bond acceptors (Lipinski definition) is 4. The van der Waals surface area contributed by atoms with Gasteiger partial charge >= 0.3 is 0 Å². The maximum Gasteiger partial charge on any atom is 0.255 e. The maximum absolute atomic E-state index is 12.4. The van der Waals surface area contributed by atoms with Crippen molar-refractivity contribution in [1.82, 2.24) is 4.90 Å². The summed E-state index contributed by atoms with van der Waals surface area (Å²) in [5.74, 6) is -0.148. The summed E-state index contributed by atoms with van der Waals surface area (Å²) < 4.78 is 0. The SMILES string of the molecule is Nc1ccccc1NC(=O)c1ccc(N[C@@H]2CCN(C3CC3)C2)cc1. The number of anilines is 3. The van der Waals surface area contributed by atoms with Gasteiger partial charge in [0.25, 0.3) is 5.91 Å². The van der Waals surface area contributed by atoms with Crippen LogP contribution in [0.2, 0.25) is 0 Å². The van der Waals surface area contributed by atoms with Crippen LogP contribution in [0.1, 0.15) is 29.6 Å². The normalized spacial score (nSPS) is 20.4. The van der Waals surface area contributed by atoms with Crippen molar-refractivity contribution in [3.63, 3.8) is 0 Å². The van der Waals surface area contributed by atoms with Crippen LogP contribution in [0, 0.1) is 0 Å². The highest BCUT2D eigenvalue weighted by atomic mass is 16.1. The predicted molar refractivity (Wildman–Crippen MR) is 102 cm³/mol. The van der Waals surface area contributed by atoms with Gasteiger partial charge in [0.15, 0.2) is 0 Å². The molecule has 1 atom stereocenters. The molecule has 2 fully saturated rings. The number of amides is 1. The molecule has 0 aromatic heterocycles. The molecule has 2 aromatic rings. The minimum Gasteiger partial charge on any atom is -0.397 e. The van der Waals surface area contributed by atoms with E-state index in [9.17, 15) is 4.79 Å². The third-order valence-corrected chi connectivity index (χ3v) is 5.01. The molecule has 5 nitrogen and oxygen atoms in total. The second kappa shape index (κ2) is 6.76. The molecule has 1 saturated heterocycles. The van der Waals surface area contributed by atoms with Gasteiger partial charge in [0.1, 0.15) is 0 Å². The summed E-state index contributed by atoms with van der Waals surface area (Å²) in [7, 11) is 0. The first kappa shape index (κ1) is 16.0. The molecular weight excluding hydrogens is 312 g/mol. The van der Waals surface area contributed by atoms with Crippen LogP contribution in [0.15, 0.2) is 48.5 Å². The van der Waals surface area contributed by atoms with Crippen molar-refractivity contribution in [2.45, 2.75) is 31.3 Å². The molecule has 2 aliphatic rings. The Balaban J connectivity index is 1.35. The number of carbonyl (C=O) groups excluding carboxylic acids is 1. The van der Waals surface area contributed by atoms with Gasteiger partial charge in [-0.05, 0) is 55.7 Å². The van der Waals surface area contributed by atoms with Gasteiger partial charge in [-0.1, -0.05) is 12.1 Å². The number of likely N-dealkylation sites (tertiary alicyclic amines) is 1. The van der Waals surface area contributed by atoms with Crippen molar-refractivity contribution in [3.05, 3.63) is 54.1 Å². The van der Waals surface area contributed by atoms with Crippen LogP contribution < -0.4 is 16.4 Å². The first-order chi connectivity index (χ1) is 12.2. The fraction of sp³-hybridized carbons (Fsp3) is 0.350. The van der Waals surface area contributed by atoms with Crippen LogP contribution in [-0.2, 0) is 0 Å². The second-order valence-electron chi connectivity index (χ2n) is 6.97. The monoisotopic (exact) mass is 336 g/mol. The second-order valence-corrected chi connectivity index (χ2v) is 6.97. The van der Waals surface area contributed by atoms with E-state index in [1.807, 2.05) is 36.4 Å². The first-order valence-electron chi connectivity index (χ1n) is 8.95. The number of hydrogen-bond donors (Lipinski definition) is 3. The molecule has 0 unspecified atom stereocenters. The third-order valence-electron chi connectivity index (χ3n) is 5.01. The average molecular weight is 336 g/mol. The number of benzene rings is 2. The van der Waals surface area contributed by atoms with Crippen molar-refractivity contribution in [2.75, 3.05) is 29.5 Å². The lowest BCUT2D eigenvalue weighted by Crippen LogP contribution is -2.27. The Morgan fingerprint density at radius 2 is 1.80 bits per heavy atom. The molecule has 1 aliphatic heterocycles. The number of nitrogen functional groups attached to an aromatic ring is 1. The van der Waals surface area contributed by atoms with E-state index in [4.69, 9.17) is 5.73 Å². The summed E-state index contributed by atoms with van der Waals surface area (Å²) in [6.45, 7) is 2.32. The van der Waals surface area contributed by atoms with Gasteiger partial charge in [0.2, 0.25) is 0 Å². The Labute approximate surface area is 148 Å². The van der Waals surface area contributed by atoms with E-state index in [0.717, 1.165) is 18.3 Å². The van der Waals surface area contributed by atoms with Gasteiger partial charge in [0.05, 0.1) is 11.4 Å². The fourth-order valence-corrected chi connectivity index (χ4v) is 3.44. The van der Waals surface area contributed by atoms with E-state index in [0.29, 0.717) is 23.0 Å². The molecular formula is C20H24N4O. The number of carbonyl (C=O) groups is 1. The molecule has 25 heavy (non-hydrogen) atoms. The summed E-state index contributed by atoms with van der Waals surface area (Å²) in [5, 5.41) is 6.44. The summed E-state index contributed by atoms with van der Waals surface area (Å²) >= 11 is 0. The Morgan fingerprint density at radius 1 is 1.04 bits per heavy atom. The lowest BCUT2D eigenvalue weighted by atomic mass is 10.1. The van der Waals surface area contributed by atoms with Gasteiger partial charge < -0.3 is 16.4 Å². The van der Waals surface area contributed by atoms with E-state index in [1.165, 1.54) is 25.8 Å². The summed E-state index contributed by atoms with van der Waals surface area (Å²) in [5.41, 5.74) is 8.77. The molecule has 1 amide bonds. The quantitative estimate of drug-likeness (QED) is 0.734. The van der Waals surface area contributed by atoms with Crippen LogP contribution in [0.25, 0.3) is 0 Å². The average Bonchev–Trinajstić information content (AvgIpc) is 3.37. The van der Waals surface area contributed by atoms with Crippen LogP contribution >= 0.6 is 0 Å². The standard InChI is InChI=1S/C20H24N4O/c21-18-3-1-2-4-19(18)23-20(25)14-5-7-15(8-6-14)22-16-11-12-24(13-16)17-9-10-17/h1-8,16-17,22H,9-13,21H2,(H,23,25)/t16-/m1/s1. The molecule has 0 bridgehead atoms. The number of nitrogens with zero attached hydrogens (tertiary/aromatic N) is 1. The van der Waals surface area contributed by atoms with Crippen molar-refractivity contribution in [1.29, 1.82) is 0 Å². The van der Waals surface area contributed by atoms with Gasteiger partial charge in [-0.25, -0.2) is 0 Å². The van der Waals surface area contributed by atoms with Crippen LogP contribution in [0.5, 0.6) is 0 Å². The van der Waals surface area contributed by atoms with E-state index in [-0.39, 0.29) is 5.91 Å². The highest BCUT2D eigenvalue weighted by Gasteiger charge is 2.34. The predicted octanol–water partition coefficient (Wildman–Crippen LogP) is 3.17. The Morgan fingerprint density at radius 3 is 2.52 bits per heavy atom. The van der Waals surface area contributed by atoms with Gasteiger partial charge in [-0.15, -0.1) is 0 Å². The number of nitrogens with two attached hydrogens (primary N) is 1. The highest BCUT2D eigenvalue weighted by Crippen LogP contribution is 2.30. The Bertz CT molecular complexity index is 755. The number of nitrogens with one attached hydrogen (secondary N) is 2. The van der Waals surface area contributed by atoms with E-state index in [2.05, 4.69) is 15.5 Å². The molecule has 0 spiro atoms. The minimum atomic E-state index is -0.148. The van der Waals surface area contributed by atoms with Gasteiger partial charge in [0, 0.05) is 36.4 Å².